The predicted octanol–water partition coefficient (Wildman–Crippen LogP) is 18.5. The summed E-state index contributed by atoms with van der Waals surface area (Å²) >= 11 is 1.86. The molecule has 11 aromatic carbocycles. The van der Waals surface area contributed by atoms with E-state index in [2.05, 4.69) is 252 Å². The van der Waals surface area contributed by atoms with Crippen LogP contribution in [0, 0.1) is 0 Å². The van der Waals surface area contributed by atoms with E-state index >= 15 is 0 Å². The lowest BCUT2D eigenvalue weighted by molar-refractivity contribution is 1.30. The van der Waals surface area contributed by atoms with Crippen LogP contribution in [-0.4, -0.2) is 4.40 Å². The molecule has 3 heteroatoms. The number of thiophene rings is 1. The van der Waals surface area contributed by atoms with E-state index < -0.39 is 0 Å². The largest absolute Gasteiger partial charge is 0.310 e. The Kier molecular flexibility index (Phi) is 8.49. The van der Waals surface area contributed by atoms with Gasteiger partial charge in [-0.2, -0.15) is 0 Å². The van der Waals surface area contributed by atoms with E-state index in [0.29, 0.717) is 0 Å². The van der Waals surface area contributed by atoms with Gasteiger partial charge in [0, 0.05) is 59.0 Å². The molecule has 0 amide bonds. The highest BCUT2D eigenvalue weighted by molar-refractivity contribution is 7.25. The average Bonchev–Trinajstić information content (AvgIpc) is 3.96. The summed E-state index contributed by atoms with van der Waals surface area (Å²) in [7, 11) is 0. The molecular weight excluding hydrogens is 829 g/mol. The third kappa shape index (κ3) is 5.95. The highest BCUT2D eigenvalue weighted by Gasteiger charge is 2.22. The van der Waals surface area contributed by atoms with Gasteiger partial charge in [-0.1, -0.05) is 176 Å². The van der Waals surface area contributed by atoms with Crippen LogP contribution in [0.5, 0.6) is 0 Å². The third-order valence-electron chi connectivity index (χ3n) is 13.9. The van der Waals surface area contributed by atoms with Gasteiger partial charge in [0.25, 0.3) is 0 Å². The predicted molar refractivity (Wildman–Crippen MR) is 289 cm³/mol. The fourth-order valence-corrected chi connectivity index (χ4v) is 12.0. The van der Waals surface area contributed by atoms with Gasteiger partial charge in [-0.15, -0.1) is 11.3 Å². The van der Waals surface area contributed by atoms with Gasteiger partial charge in [-0.3, -0.25) is 0 Å². The number of aromatic nitrogens is 1. The molecule has 0 aliphatic carbocycles. The fourth-order valence-electron chi connectivity index (χ4n) is 10.9. The van der Waals surface area contributed by atoms with E-state index in [-0.39, 0.29) is 0 Å². The molecule has 0 fully saturated rings. The SMILES string of the molecule is c1ccc(-c2c3c(-c4cccc(-c5ccc(N(c6ccc7c(ccc8ccccc87)c6)c6ccc7sc8ccccc8c7c6)cc5)c4)cccc3n3c4ccccc4c4ccccc4c23)cc1. The molecule has 3 heterocycles. The van der Waals surface area contributed by atoms with Crippen molar-refractivity contribution in [2.24, 2.45) is 0 Å². The molecule has 0 unspecified atom stereocenters. The van der Waals surface area contributed by atoms with Gasteiger partial charge in [-0.25, -0.2) is 0 Å². The summed E-state index contributed by atoms with van der Waals surface area (Å²) in [5.41, 5.74) is 14.3. The Morgan fingerprint density at radius 2 is 0.925 bits per heavy atom. The van der Waals surface area contributed by atoms with Crippen molar-refractivity contribution in [1.82, 2.24) is 4.40 Å². The van der Waals surface area contributed by atoms with Crippen molar-refractivity contribution in [3.8, 4) is 33.4 Å². The molecule has 14 aromatic rings. The molecule has 0 radical (unpaired) electrons. The highest BCUT2D eigenvalue weighted by Crippen LogP contribution is 2.47. The number of hydrogen-bond donors (Lipinski definition) is 0. The summed E-state index contributed by atoms with van der Waals surface area (Å²) in [6, 6.07) is 89.6. The minimum Gasteiger partial charge on any atom is -0.310 e. The second-order valence-electron chi connectivity index (χ2n) is 17.6. The van der Waals surface area contributed by atoms with Crippen molar-refractivity contribution in [2.75, 3.05) is 4.90 Å². The van der Waals surface area contributed by atoms with Gasteiger partial charge >= 0.3 is 0 Å². The first-order chi connectivity index (χ1) is 33.2. The van der Waals surface area contributed by atoms with Crippen LogP contribution in [0.25, 0.3) is 113 Å². The Bertz CT molecular complexity index is 4270. The number of fused-ring (bicyclic) bond motifs is 14. The van der Waals surface area contributed by atoms with E-state index in [4.69, 9.17) is 0 Å². The van der Waals surface area contributed by atoms with E-state index in [1.54, 1.807) is 0 Å². The topological polar surface area (TPSA) is 7.65 Å². The Morgan fingerprint density at radius 3 is 1.81 bits per heavy atom. The maximum Gasteiger partial charge on any atom is 0.0626 e. The number of nitrogens with zero attached hydrogens (tertiary/aromatic N) is 2. The minimum absolute atomic E-state index is 1.11. The van der Waals surface area contributed by atoms with Crippen molar-refractivity contribution >= 4 is 108 Å². The van der Waals surface area contributed by atoms with Crippen LogP contribution < -0.4 is 4.90 Å². The summed E-state index contributed by atoms with van der Waals surface area (Å²) in [5, 5.41) is 12.6. The molecule has 0 saturated heterocycles. The summed E-state index contributed by atoms with van der Waals surface area (Å²) in [5.74, 6) is 0. The Labute approximate surface area is 391 Å². The zero-order chi connectivity index (χ0) is 44.0. The molecule has 67 heavy (non-hydrogen) atoms. The molecule has 0 bridgehead atoms. The van der Waals surface area contributed by atoms with Gasteiger partial charge in [-0.05, 0) is 121 Å². The van der Waals surface area contributed by atoms with Crippen molar-refractivity contribution in [1.29, 1.82) is 0 Å². The van der Waals surface area contributed by atoms with Crippen molar-refractivity contribution in [3.63, 3.8) is 0 Å². The molecular formula is C64H40N2S. The monoisotopic (exact) mass is 868 g/mol. The molecule has 0 atom stereocenters. The molecule has 0 aliphatic heterocycles. The van der Waals surface area contributed by atoms with Crippen molar-refractivity contribution in [3.05, 3.63) is 243 Å². The lowest BCUT2D eigenvalue weighted by Gasteiger charge is -2.26. The summed E-state index contributed by atoms with van der Waals surface area (Å²) in [6.07, 6.45) is 0. The summed E-state index contributed by atoms with van der Waals surface area (Å²) in [4.78, 5) is 2.41. The van der Waals surface area contributed by atoms with Crippen LogP contribution in [0.3, 0.4) is 0 Å². The Morgan fingerprint density at radius 1 is 0.313 bits per heavy atom. The number of benzene rings is 11. The molecule has 2 nitrogen and oxygen atoms in total. The zero-order valence-corrected chi connectivity index (χ0v) is 37.2. The lowest BCUT2D eigenvalue weighted by Crippen LogP contribution is -2.09. The lowest BCUT2D eigenvalue weighted by atomic mass is 9.92. The normalized spacial score (nSPS) is 11.9. The van der Waals surface area contributed by atoms with Gasteiger partial charge in [0.15, 0.2) is 0 Å². The maximum atomic E-state index is 2.50. The smallest absolute Gasteiger partial charge is 0.0626 e. The van der Waals surface area contributed by atoms with Crippen LogP contribution in [0.1, 0.15) is 0 Å². The molecule has 0 spiro atoms. The molecule has 0 N–H and O–H groups in total. The third-order valence-corrected chi connectivity index (χ3v) is 15.1. The fraction of sp³-hybridized carbons (Fsp3) is 0. The van der Waals surface area contributed by atoms with E-state index in [1.165, 1.54) is 113 Å². The first-order valence-corrected chi connectivity index (χ1v) is 23.8. The number of para-hydroxylation sites is 1. The Balaban J connectivity index is 0.921. The minimum atomic E-state index is 1.11. The van der Waals surface area contributed by atoms with Gasteiger partial charge in [0.05, 0.1) is 16.6 Å². The first-order valence-electron chi connectivity index (χ1n) is 23.0. The number of hydrogen-bond acceptors (Lipinski definition) is 2. The van der Waals surface area contributed by atoms with Crippen LogP contribution >= 0.6 is 11.3 Å². The summed E-state index contributed by atoms with van der Waals surface area (Å²) < 4.78 is 5.11. The quantitative estimate of drug-likeness (QED) is 0.151. The highest BCUT2D eigenvalue weighted by atomic mass is 32.1. The van der Waals surface area contributed by atoms with Crippen LogP contribution in [0.15, 0.2) is 243 Å². The van der Waals surface area contributed by atoms with Crippen molar-refractivity contribution in [2.45, 2.75) is 0 Å². The van der Waals surface area contributed by atoms with Crippen LogP contribution in [0.4, 0.5) is 17.1 Å². The van der Waals surface area contributed by atoms with E-state index in [1.807, 2.05) is 11.3 Å². The number of pyridine rings is 1. The maximum absolute atomic E-state index is 2.50. The summed E-state index contributed by atoms with van der Waals surface area (Å²) in [6.45, 7) is 0. The molecule has 0 saturated carbocycles. The second kappa shape index (κ2) is 15.0. The molecule has 312 valence electrons. The van der Waals surface area contributed by atoms with E-state index in [0.717, 1.165) is 17.1 Å². The Hall–Kier alpha value is -8.50. The van der Waals surface area contributed by atoms with Gasteiger partial charge in [0.1, 0.15) is 0 Å². The van der Waals surface area contributed by atoms with Crippen LogP contribution in [0.2, 0.25) is 0 Å². The van der Waals surface area contributed by atoms with E-state index in [9.17, 15) is 0 Å². The first kappa shape index (κ1) is 37.8. The average molecular weight is 869 g/mol. The standard InChI is InChI=1S/C64H40N2S/c1-2-15-43(16-3-1)62-63-52(24-13-26-59(63)66-58-25-10-8-21-54(58)53-20-6-7-23-56(53)64(62)66)45-18-12-17-44(38-45)41-30-32-47(33-31-41)65(49-35-37-61-57(40-49)55-22-9-11-27-60(55)67-61)48-34-36-51-46(39-48)29-28-42-14-4-5-19-50(42)51/h1-40H. The molecule has 0 aliphatic rings. The van der Waals surface area contributed by atoms with Gasteiger partial charge in [0.2, 0.25) is 0 Å². The van der Waals surface area contributed by atoms with Gasteiger partial charge < -0.3 is 9.30 Å². The molecule has 14 rings (SSSR count). The zero-order valence-electron chi connectivity index (χ0n) is 36.4. The second-order valence-corrected chi connectivity index (χ2v) is 18.7. The number of anilines is 3. The number of rotatable bonds is 6. The van der Waals surface area contributed by atoms with Crippen molar-refractivity contribution < 1.29 is 0 Å². The molecule has 3 aromatic heterocycles. The van der Waals surface area contributed by atoms with Crippen LogP contribution in [-0.2, 0) is 0 Å².